The van der Waals surface area contributed by atoms with E-state index >= 15 is 0 Å². The molecule has 0 aromatic heterocycles. The fourth-order valence-corrected chi connectivity index (χ4v) is 1.21. The first-order valence-corrected chi connectivity index (χ1v) is 4.27. The third kappa shape index (κ3) is 1.93. The average Bonchev–Trinajstić information content (AvgIpc) is 2.35. The molecule has 1 amide bonds. The second kappa shape index (κ2) is 4.04. The van der Waals surface area contributed by atoms with Crippen molar-refractivity contribution in [2.45, 2.75) is 38.6 Å². The fourth-order valence-electron chi connectivity index (χ4n) is 1.21. The third-order valence-electron chi connectivity index (χ3n) is 1.96. The Labute approximate surface area is 71.0 Å². The molecular weight excluding hydrogens is 158 g/mol. The van der Waals surface area contributed by atoms with E-state index in [4.69, 9.17) is 0 Å². The zero-order chi connectivity index (χ0) is 8.97. The summed E-state index contributed by atoms with van der Waals surface area (Å²) in [6.07, 6.45) is 3.73. The van der Waals surface area contributed by atoms with Crippen molar-refractivity contribution in [3.8, 4) is 0 Å². The number of nitroso groups, excluding NO2 is 1. The van der Waals surface area contributed by atoms with Crippen molar-refractivity contribution in [2.75, 3.05) is 0 Å². The van der Waals surface area contributed by atoms with Gasteiger partial charge >= 0.3 is 11.9 Å². The number of amides is 1. The molecule has 0 aliphatic carbocycles. The van der Waals surface area contributed by atoms with Crippen LogP contribution in [0.2, 0.25) is 0 Å². The smallest absolute Gasteiger partial charge is 0.265 e. The molecule has 2 N–H and O–H groups in total. The summed E-state index contributed by atoms with van der Waals surface area (Å²) >= 11 is 0. The minimum absolute atomic E-state index is 0.221. The lowest BCUT2D eigenvalue weighted by Gasteiger charge is -1.95. The van der Waals surface area contributed by atoms with E-state index in [1.54, 1.807) is 0 Å². The van der Waals surface area contributed by atoms with Crippen LogP contribution in [0.4, 0.5) is 0 Å². The number of carbonyl (C=O) groups is 1. The van der Waals surface area contributed by atoms with E-state index in [2.05, 4.69) is 17.9 Å². The first-order valence-electron chi connectivity index (χ1n) is 4.27. The number of nitrogens with one attached hydrogen (secondary N) is 2. The molecule has 1 saturated heterocycles. The Bertz CT molecular complexity index is 177. The van der Waals surface area contributed by atoms with Crippen LogP contribution >= 0.6 is 0 Å². The van der Waals surface area contributed by atoms with Gasteiger partial charge in [-0.15, -0.1) is 0 Å². The summed E-state index contributed by atoms with van der Waals surface area (Å²) in [6.45, 7) is 2.09. The molecule has 1 rings (SSSR count). The molecule has 0 spiro atoms. The maximum atomic E-state index is 11.0. The molecule has 1 unspecified atom stereocenters. The molecule has 1 aliphatic rings. The monoisotopic (exact) mass is 172 g/mol. The van der Waals surface area contributed by atoms with E-state index in [1.807, 2.05) is 0 Å². The van der Waals surface area contributed by atoms with E-state index in [9.17, 15) is 9.70 Å². The van der Waals surface area contributed by atoms with Gasteiger partial charge in [0.15, 0.2) is 0 Å². The van der Waals surface area contributed by atoms with Crippen LogP contribution in [0.3, 0.4) is 0 Å². The van der Waals surface area contributed by atoms with Crippen LogP contribution in [0.15, 0.2) is 0 Å². The Balaban J connectivity index is 2.30. The van der Waals surface area contributed by atoms with Crippen LogP contribution < -0.4 is 11.0 Å². The zero-order valence-corrected chi connectivity index (χ0v) is 7.17. The summed E-state index contributed by atoms with van der Waals surface area (Å²) in [5.74, 6) is -0.221. The standard InChI is InChI=1S/C7H13N3O2/c1-2-3-4-5-6-7(11)8-9-10(6)12/h6H,2-5H2,1H3,(H-,8,9,11,12)/p+1. The molecule has 0 aromatic carbocycles. The van der Waals surface area contributed by atoms with E-state index in [0.29, 0.717) is 11.3 Å². The Morgan fingerprint density at radius 1 is 1.50 bits per heavy atom. The molecule has 0 saturated carbocycles. The molecule has 5 nitrogen and oxygen atoms in total. The quantitative estimate of drug-likeness (QED) is 0.472. The van der Waals surface area contributed by atoms with Crippen molar-refractivity contribution in [3.63, 3.8) is 0 Å². The van der Waals surface area contributed by atoms with Gasteiger partial charge in [0.25, 0.3) is 0 Å². The van der Waals surface area contributed by atoms with Crippen LogP contribution in [0, 0.1) is 4.91 Å². The van der Waals surface area contributed by atoms with E-state index < -0.39 is 6.04 Å². The SMILES string of the molecule is CCCCCC1C(=O)NN[N+]1=O. The van der Waals surface area contributed by atoms with Crippen molar-refractivity contribution in [2.24, 2.45) is 0 Å². The first kappa shape index (κ1) is 8.96. The maximum absolute atomic E-state index is 11.0. The second-order valence-electron chi connectivity index (χ2n) is 2.94. The fraction of sp³-hybridized carbons (Fsp3) is 0.857. The Kier molecular flexibility index (Phi) is 3.01. The average molecular weight is 172 g/mol. The lowest BCUT2D eigenvalue weighted by Crippen LogP contribution is -2.28. The van der Waals surface area contributed by atoms with E-state index in [1.165, 1.54) is 0 Å². The van der Waals surface area contributed by atoms with Gasteiger partial charge in [-0.3, -0.25) is 4.79 Å². The van der Waals surface area contributed by atoms with Crippen LogP contribution in [0.1, 0.15) is 32.6 Å². The second-order valence-corrected chi connectivity index (χ2v) is 2.94. The topological polar surface area (TPSA) is 61.2 Å². The highest BCUT2D eigenvalue weighted by Gasteiger charge is 2.40. The van der Waals surface area contributed by atoms with Crippen LogP contribution in [-0.4, -0.2) is 16.8 Å². The number of unbranched alkanes of at least 4 members (excludes halogenated alkanes) is 2. The largest absolute Gasteiger partial charge is 0.319 e. The van der Waals surface area contributed by atoms with Crippen LogP contribution in [0.25, 0.3) is 0 Å². The van der Waals surface area contributed by atoms with Gasteiger partial charge in [0.1, 0.15) is 4.87 Å². The summed E-state index contributed by atoms with van der Waals surface area (Å²) in [7, 11) is 0. The number of rotatable bonds is 4. The molecule has 0 aromatic rings. The lowest BCUT2D eigenvalue weighted by molar-refractivity contribution is -0.619. The van der Waals surface area contributed by atoms with Crippen molar-refractivity contribution < 1.29 is 9.66 Å². The van der Waals surface area contributed by atoms with E-state index in [0.717, 1.165) is 19.3 Å². The Hall–Kier alpha value is -1.13. The Morgan fingerprint density at radius 3 is 2.75 bits per heavy atom. The summed E-state index contributed by atoms with van der Waals surface area (Å²) in [6, 6.07) is -0.531. The van der Waals surface area contributed by atoms with Crippen molar-refractivity contribution in [3.05, 3.63) is 4.91 Å². The molecule has 1 heterocycles. The van der Waals surface area contributed by atoms with Crippen LogP contribution in [0.5, 0.6) is 0 Å². The molecule has 1 fully saturated rings. The minimum atomic E-state index is -0.531. The van der Waals surface area contributed by atoms with Gasteiger partial charge in [0, 0.05) is 6.42 Å². The number of carbonyl (C=O) groups excluding carboxylic acids is 1. The van der Waals surface area contributed by atoms with Gasteiger partial charge in [-0.05, 0) is 6.42 Å². The number of hydrogen-bond donors (Lipinski definition) is 2. The maximum Gasteiger partial charge on any atom is 0.319 e. The first-order chi connectivity index (χ1) is 5.75. The number of hydrazine groups is 2. The minimum Gasteiger partial charge on any atom is -0.265 e. The van der Waals surface area contributed by atoms with Gasteiger partial charge in [-0.1, -0.05) is 25.3 Å². The van der Waals surface area contributed by atoms with Crippen molar-refractivity contribution in [1.29, 1.82) is 0 Å². The summed E-state index contributed by atoms with van der Waals surface area (Å²) in [5, 5.41) is 0. The van der Waals surface area contributed by atoms with Crippen molar-refractivity contribution >= 4 is 5.91 Å². The molecule has 5 heteroatoms. The molecule has 1 aliphatic heterocycles. The third-order valence-corrected chi connectivity index (χ3v) is 1.96. The van der Waals surface area contributed by atoms with Gasteiger partial charge in [-0.2, -0.15) is 0 Å². The van der Waals surface area contributed by atoms with E-state index in [-0.39, 0.29) is 5.91 Å². The zero-order valence-electron chi connectivity index (χ0n) is 7.17. The summed E-state index contributed by atoms with van der Waals surface area (Å²) < 4.78 is 0. The molecule has 12 heavy (non-hydrogen) atoms. The van der Waals surface area contributed by atoms with Crippen molar-refractivity contribution in [1.82, 2.24) is 11.0 Å². The van der Waals surface area contributed by atoms with Gasteiger partial charge in [0.2, 0.25) is 0 Å². The highest BCUT2D eigenvalue weighted by molar-refractivity contribution is 5.80. The van der Waals surface area contributed by atoms with Gasteiger partial charge < -0.3 is 0 Å². The predicted octanol–water partition coefficient (Wildman–Crippen LogP) is 0.264. The summed E-state index contributed by atoms with van der Waals surface area (Å²) in [4.78, 5) is 22.4. The summed E-state index contributed by atoms with van der Waals surface area (Å²) in [5.41, 5.74) is 4.50. The molecular formula is C7H14N3O2+. The number of hydrogen-bond acceptors (Lipinski definition) is 2. The highest BCUT2D eigenvalue weighted by atomic mass is 16.3. The van der Waals surface area contributed by atoms with Gasteiger partial charge in [-0.25, -0.2) is 5.43 Å². The normalized spacial score (nSPS) is 22.2. The Morgan fingerprint density at radius 2 is 2.25 bits per heavy atom. The molecule has 0 radical (unpaired) electrons. The highest BCUT2D eigenvalue weighted by Crippen LogP contribution is 2.07. The predicted molar refractivity (Wildman–Crippen MR) is 42.8 cm³/mol. The molecule has 0 bridgehead atoms. The molecule has 68 valence electrons. The van der Waals surface area contributed by atoms with Gasteiger partial charge in [0.05, 0.1) is 4.91 Å². The lowest BCUT2D eigenvalue weighted by atomic mass is 10.1. The number of nitrogens with zero attached hydrogens (tertiary/aromatic N) is 1. The molecule has 1 atom stereocenters. The van der Waals surface area contributed by atoms with Crippen LogP contribution in [-0.2, 0) is 4.79 Å².